The van der Waals surface area contributed by atoms with Crippen LogP contribution >= 0.6 is 12.4 Å². The first-order valence-corrected chi connectivity index (χ1v) is 11.0. The quantitative estimate of drug-likeness (QED) is 0.612. The summed E-state index contributed by atoms with van der Waals surface area (Å²) in [5.74, 6) is 3.15. The lowest BCUT2D eigenvalue weighted by atomic mass is 9.77. The van der Waals surface area contributed by atoms with Crippen molar-refractivity contribution in [1.29, 1.82) is 0 Å². The molecular formula is C25H33ClN2O4. The van der Waals surface area contributed by atoms with Crippen LogP contribution in [0, 0.1) is 0 Å². The molecule has 0 saturated carbocycles. The summed E-state index contributed by atoms with van der Waals surface area (Å²) in [5, 5.41) is 3.48. The Balaban J connectivity index is 0.00000289. The van der Waals surface area contributed by atoms with Crippen LogP contribution in [0.5, 0.6) is 17.2 Å². The van der Waals surface area contributed by atoms with Crippen LogP contribution in [0.1, 0.15) is 34.6 Å². The summed E-state index contributed by atoms with van der Waals surface area (Å²) in [7, 11) is 5.02. The van der Waals surface area contributed by atoms with E-state index in [1.165, 1.54) is 22.3 Å². The van der Waals surface area contributed by atoms with Gasteiger partial charge in [-0.3, -0.25) is 4.79 Å². The lowest BCUT2D eigenvalue weighted by molar-refractivity contribution is -0.131. The van der Waals surface area contributed by atoms with Gasteiger partial charge >= 0.3 is 0 Å². The number of carbonyl (C=O) groups excluding carboxylic acids is 1. The summed E-state index contributed by atoms with van der Waals surface area (Å²) in [6, 6.07) is 10.4. The number of halogens is 1. The normalized spacial score (nSPS) is 16.6. The summed E-state index contributed by atoms with van der Waals surface area (Å²) >= 11 is 0. The van der Waals surface area contributed by atoms with Crippen molar-refractivity contribution in [3.05, 3.63) is 52.6 Å². The van der Waals surface area contributed by atoms with Crippen molar-refractivity contribution in [2.45, 2.75) is 31.6 Å². The van der Waals surface area contributed by atoms with E-state index in [2.05, 4.69) is 29.6 Å². The van der Waals surface area contributed by atoms with E-state index in [0.29, 0.717) is 18.9 Å². The maximum Gasteiger partial charge on any atom is 0.223 e. The van der Waals surface area contributed by atoms with Crippen LogP contribution in [0.2, 0.25) is 0 Å². The molecule has 1 atom stereocenters. The Kier molecular flexibility index (Phi) is 8.26. The molecule has 0 spiro atoms. The Bertz CT molecular complexity index is 950. The van der Waals surface area contributed by atoms with Gasteiger partial charge in [0.1, 0.15) is 5.75 Å². The summed E-state index contributed by atoms with van der Waals surface area (Å²) in [6.07, 6.45) is 3.36. The van der Waals surface area contributed by atoms with Crippen molar-refractivity contribution < 1.29 is 19.0 Å². The van der Waals surface area contributed by atoms with Gasteiger partial charge in [-0.05, 0) is 65.8 Å². The second-order valence-electron chi connectivity index (χ2n) is 8.28. The minimum atomic E-state index is 0. The van der Waals surface area contributed by atoms with Crippen molar-refractivity contribution in [3.8, 4) is 17.2 Å². The molecule has 6 nitrogen and oxygen atoms in total. The summed E-state index contributed by atoms with van der Waals surface area (Å²) in [6.45, 7) is 3.14. The average Bonchev–Trinajstić information content (AvgIpc) is 3.00. The van der Waals surface area contributed by atoms with Gasteiger partial charge in [-0.15, -0.1) is 12.4 Å². The number of hydrogen-bond acceptors (Lipinski definition) is 5. The average molecular weight is 461 g/mol. The summed E-state index contributed by atoms with van der Waals surface area (Å²) < 4.78 is 16.1. The van der Waals surface area contributed by atoms with Crippen LogP contribution in [0.4, 0.5) is 0 Å². The van der Waals surface area contributed by atoms with E-state index in [9.17, 15) is 4.79 Å². The molecule has 32 heavy (non-hydrogen) atoms. The fraction of sp³-hybridized carbons (Fsp3) is 0.480. The molecule has 2 aromatic carbocycles. The molecule has 1 amide bonds. The number of amides is 1. The van der Waals surface area contributed by atoms with Crippen LogP contribution < -0.4 is 19.5 Å². The first kappa shape index (κ1) is 24.2. The predicted molar refractivity (Wildman–Crippen MR) is 128 cm³/mol. The van der Waals surface area contributed by atoms with Gasteiger partial charge in [0.05, 0.1) is 21.3 Å². The number of methoxy groups -OCH3 is 3. The van der Waals surface area contributed by atoms with Crippen LogP contribution in [0.3, 0.4) is 0 Å². The second-order valence-corrected chi connectivity index (χ2v) is 8.28. The number of hydrogen-bond donors (Lipinski definition) is 1. The van der Waals surface area contributed by atoms with Gasteiger partial charge in [-0.1, -0.05) is 6.07 Å². The number of ether oxygens (including phenoxy) is 3. The smallest absolute Gasteiger partial charge is 0.223 e. The van der Waals surface area contributed by atoms with Gasteiger partial charge in [-0.25, -0.2) is 0 Å². The molecule has 0 unspecified atom stereocenters. The maximum atomic E-state index is 12.7. The molecule has 2 aromatic rings. The molecule has 0 aromatic heterocycles. The lowest BCUT2D eigenvalue weighted by Gasteiger charge is -2.31. The molecule has 0 radical (unpaired) electrons. The molecule has 1 aliphatic heterocycles. The molecule has 0 fully saturated rings. The number of rotatable bonds is 8. The maximum absolute atomic E-state index is 12.7. The van der Waals surface area contributed by atoms with Crippen molar-refractivity contribution in [3.63, 3.8) is 0 Å². The molecule has 0 saturated heterocycles. The molecular weight excluding hydrogens is 428 g/mol. The highest BCUT2D eigenvalue weighted by molar-refractivity contribution is 5.85. The van der Waals surface area contributed by atoms with Gasteiger partial charge in [0, 0.05) is 38.5 Å². The fourth-order valence-electron chi connectivity index (χ4n) is 4.63. The van der Waals surface area contributed by atoms with Crippen molar-refractivity contribution in [2.24, 2.45) is 0 Å². The standard InChI is InChI=1S/C25H32N2O4.ClH/c1-29-21-5-4-17-7-10-27(11-8-18(17)13-21)25(28)6-9-26-16-20-12-19-14-23(30-2)24(31-3)15-22(19)20;/h4-5,13-15,20,26H,6-12,16H2,1-3H3;1H/t20-;/m1./s1. The van der Waals surface area contributed by atoms with Gasteiger partial charge in [-0.2, -0.15) is 0 Å². The summed E-state index contributed by atoms with van der Waals surface area (Å²) in [4.78, 5) is 14.7. The van der Waals surface area contributed by atoms with E-state index in [4.69, 9.17) is 14.2 Å². The van der Waals surface area contributed by atoms with Gasteiger partial charge in [0.25, 0.3) is 0 Å². The molecule has 0 bridgehead atoms. The third kappa shape index (κ3) is 5.13. The second kappa shape index (κ2) is 10.9. The third-order valence-corrected chi connectivity index (χ3v) is 6.53. The predicted octanol–water partition coefficient (Wildman–Crippen LogP) is 3.38. The highest BCUT2D eigenvalue weighted by Crippen LogP contribution is 2.41. The molecule has 174 valence electrons. The zero-order chi connectivity index (χ0) is 21.8. The minimum Gasteiger partial charge on any atom is -0.497 e. The summed E-state index contributed by atoms with van der Waals surface area (Å²) in [5.41, 5.74) is 5.26. The van der Waals surface area contributed by atoms with Gasteiger partial charge < -0.3 is 24.4 Å². The Morgan fingerprint density at radius 2 is 1.69 bits per heavy atom. The highest BCUT2D eigenvalue weighted by atomic mass is 35.5. The van der Waals surface area contributed by atoms with Crippen molar-refractivity contribution >= 4 is 18.3 Å². The Hall–Kier alpha value is -2.44. The van der Waals surface area contributed by atoms with E-state index in [-0.39, 0.29) is 18.3 Å². The first-order valence-electron chi connectivity index (χ1n) is 11.0. The highest BCUT2D eigenvalue weighted by Gasteiger charge is 2.28. The fourth-order valence-corrected chi connectivity index (χ4v) is 4.63. The van der Waals surface area contributed by atoms with E-state index in [0.717, 1.165) is 56.1 Å². The number of fused-ring (bicyclic) bond motifs is 2. The van der Waals surface area contributed by atoms with Gasteiger partial charge in [0.2, 0.25) is 5.91 Å². The lowest BCUT2D eigenvalue weighted by Crippen LogP contribution is -2.36. The largest absolute Gasteiger partial charge is 0.497 e. The van der Waals surface area contributed by atoms with Crippen LogP contribution in [0.25, 0.3) is 0 Å². The molecule has 4 rings (SSSR count). The monoisotopic (exact) mass is 460 g/mol. The van der Waals surface area contributed by atoms with Gasteiger partial charge in [0.15, 0.2) is 11.5 Å². The molecule has 2 aliphatic rings. The SMILES string of the molecule is COc1ccc2c(c1)CCN(C(=O)CCNC[C@H]1Cc3cc(OC)c(OC)cc31)CC2.Cl. The molecule has 1 aliphatic carbocycles. The van der Waals surface area contributed by atoms with Crippen LogP contribution in [-0.4, -0.2) is 58.3 Å². The van der Waals surface area contributed by atoms with E-state index < -0.39 is 0 Å². The Morgan fingerprint density at radius 1 is 0.969 bits per heavy atom. The van der Waals surface area contributed by atoms with E-state index in [1.54, 1.807) is 21.3 Å². The van der Waals surface area contributed by atoms with E-state index >= 15 is 0 Å². The third-order valence-electron chi connectivity index (χ3n) is 6.53. The molecule has 1 N–H and O–H groups in total. The van der Waals surface area contributed by atoms with Crippen molar-refractivity contribution in [1.82, 2.24) is 10.2 Å². The number of nitrogens with one attached hydrogen (secondary N) is 1. The van der Waals surface area contributed by atoms with Crippen LogP contribution in [-0.2, 0) is 24.1 Å². The van der Waals surface area contributed by atoms with E-state index in [1.807, 2.05) is 11.0 Å². The number of benzene rings is 2. The Morgan fingerprint density at radius 3 is 2.41 bits per heavy atom. The minimum absolute atomic E-state index is 0. The van der Waals surface area contributed by atoms with Crippen molar-refractivity contribution in [2.75, 3.05) is 47.5 Å². The first-order chi connectivity index (χ1) is 15.1. The zero-order valence-electron chi connectivity index (χ0n) is 19.1. The number of nitrogens with zero attached hydrogens (tertiary/aromatic N) is 1. The number of carbonyl (C=O) groups is 1. The van der Waals surface area contributed by atoms with Crippen LogP contribution in [0.15, 0.2) is 30.3 Å². The molecule has 1 heterocycles. The zero-order valence-corrected chi connectivity index (χ0v) is 19.9. The molecule has 7 heteroatoms. The Labute approximate surface area is 196 Å². The topological polar surface area (TPSA) is 60.0 Å².